The molecule has 0 saturated heterocycles. The molecule has 3 rings (SSSR count). The summed E-state index contributed by atoms with van der Waals surface area (Å²) in [6.45, 7) is 0. The number of nitrogens with two attached hydrogens (primary N) is 1. The Morgan fingerprint density at radius 1 is 0.957 bits per heavy atom. The lowest BCUT2D eigenvalue weighted by atomic mass is 10.0. The topological polar surface area (TPSA) is 59.0 Å². The summed E-state index contributed by atoms with van der Waals surface area (Å²) in [4.78, 5) is 0. The maximum absolute atomic E-state index is 13.3. The Morgan fingerprint density at radius 2 is 1.78 bits per heavy atom. The van der Waals surface area contributed by atoms with Gasteiger partial charge in [0.25, 0.3) is 0 Å². The summed E-state index contributed by atoms with van der Waals surface area (Å²) in [5, 5.41) is 9.05. The highest BCUT2D eigenvalue weighted by Crippen LogP contribution is 2.35. The van der Waals surface area contributed by atoms with Gasteiger partial charge in [0.1, 0.15) is 17.3 Å². The van der Waals surface area contributed by atoms with Crippen LogP contribution < -0.4 is 10.5 Å². The zero-order chi connectivity index (χ0) is 16.2. The first-order valence-corrected chi connectivity index (χ1v) is 6.99. The summed E-state index contributed by atoms with van der Waals surface area (Å²) in [6, 6.07) is 20.4. The summed E-state index contributed by atoms with van der Waals surface area (Å²) in [7, 11) is 0. The van der Waals surface area contributed by atoms with Gasteiger partial charge in [0.15, 0.2) is 0 Å². The normalized spacial score (nSPS) is 10.1. The number of nitrogens with zero attached hydrogens (tertiary/aromatic N) is 1. The summed E-state index contributed by atoms with van der Waals surface area (Å²) in [6.07, 6.45) is 0. The molecule has 0 unspecified atom stereocenters. The third-order valence-corrected chi connectivity index (χ3v) is 3.33. The Morgan fingerprint density at radius 3 is 2.57 bits per heavy atom. The smallest absolute Gasteiger partial charge is 0.137 e. The van der Waals surface area contributed by atoms with E-state index < -0.39 is 0 Å². The third kappa shape index (κ3) is 3.30. The van der Waals surface area contributed by atoms with Crippen LogP contribution in [0.25, 0.3) is 11.1 Å². The maximum Gasteiger partial charge on any atom is 0.137 e. The van der Waals surface area contributed by atoms with Crippen molar-refractivity contribution in [3.8, 4) is 28.7 Å². The summed E-state index contributed by atoms with van der Waals surface area (Å²) in [5.74, 6) is 0.512. The molecule has 0 heterocycles. The third-order valence-electron chi connectivity index (χ3n) is 3.33. The van der Waals surface area contributed by atoms with E-state index in [0.717, 1.165) is 11.1 Å². The molecule has 2 N–H and O–H groups in total. The van der Waals surface area contributed by atoms with Gasteiger partial charge in [0.2, 0.25) is 0 Å². The zero-order valence-electron chi connectivity index (χ0n) is 12.2. The molecule has 0 aliphatic carbocycles. The number of rotatable bonds is 3. The van der Waals surface area contributed by atoms with E-state index in [-0.39, 0.29) is 5.82 Å². The standard InChI is InChI=1S/C19H13FN2O/c20-15-5-2-6-17(10-15)23-19-11-16(22)7-8-18(19)14-4-1-3-13(9-14)12-21/h1-11H,22H2. The van der Waals surface area contributed by atoms with Crippen LogP contribution in [0.1, 0.15) is 5.56 Å². The fraction of sp³-hybridized carbons (Fsp3) is 0. The number of benzene rings is 3. The zero-order valence-corrected chi connectivity index (χ0v) is 12.2. The summed E-state index contributed by atoms with van der Waals surface area (Å²) >= 11 is 0. The molecule has 3 aromatic rings. The Bertz CT molecular complexity index is 900. The Balaban J connectivity index is 2.06. The summed E-state index contributed by atoms with van der Waals surface area (Å²) in [5.41, 5.74) is 8.54. The van der Waals surface area contributed by atoms with Crippen LogP contribution in [-0.2, 0) is 0 Å². The van der Waals surface area contributed by atoms with Crippen molar-refractivity contribution < 1.29 is 9.13 Å². The Kier molecular flexibility index (Phi) is 3.94. The molecule has 0 aliphatic heterocycles. The van der Waals surface area contributed by atoms with Gasteiger partial charge in [-0.15, -0.1) is 0 Å². The first-order chi connectivity index (χ1) is 11.2. The van der Waals surface area contributed by atoms with Crippen LogP contribution in [0.15, 0.2) is 66.7 Å². The van der Waals surface area contributed by atoms with Crippen LogP contribution in [0.4, 0.5) is 10.1 Å². The first-order valence-electron chi connectivity index (χ1n) is 6.99. The maximum atomic E-state index is 13.3. The van der Waals surface area contributed by atoms with Crippen molar-refractivity contribution in [2.24, 2.45) is 0 Å². The van der Waals surface area contributed by atoms with Crippen molar-refractivity contribution in [2.75, 3.05) is 5.73 Å². The lowest BCUT2D eigenvalue weighted by molar-refractivity contribution is 0.479. The molecule has 23 heavy (non-hydrogen) atoms. The molecule has 4 heteroatoms. The molecule has 3 aromatic carbocycles. The van der Waals surface area contributed by atoms with Gasteiger partial charge in [0, 0.05) is 23.4 Å². The highest BCUT2D eigenvalue weighted by Gasteiger charge is 2.09. The second-order valence-corrected chi connectivity index (χ2v) is 5.01. The van der Waals surface area contributed by atoms with Crippen molar-refractivity contribution in [3.63, 3.8) is 0 Å². The van der Waals surface area contributed by atoms with Crippen molar-refractivity contribution in [1.29, 1.82) is 5.26 Å². The van der Waals surface area contributed by atoms with Gasteiger partial charge in [-0.1, -0.05) is 18.2 Å². The van der Waals surface area contributed by atoms with Crippen LogP contribution in [0.3, 0.4) is 0 Å². The molecule has 0 saturated carbocycles. The molecule has 3 nitrogen and oxygen atoms in total. The Hall–Kier alpha value is -3.32. The van der Waals surface area contributed by atoms with E-state index in [1.165, 1.54) is 12.1 Å². The minimum atomic E-state index is -0.376. The molecule has 0 bridgehead atoms. The number of hydrogen-bond donors (Lipinski definition) is 1. The van der Waals surface area contributed by atoms with Gasteiger partial charge in [-0.25, -0.2) is 4.39 Å². The van der Waals surface area contributed by atoms with Gasteiger partial charge in [0.05, 0.1) is 11.6 Å². The van der Waals surface area contributed by atoms with E-state index in [0.29, 0.717) is 22.7 Å². The minimum absolute atomic E-state index is 0.376. The van der Waals surface area contributed by atoms with Gasteiger partial charge in [-0.05, 0) is 42.0 Å². The molecule has 0 spiro atoms. The lowest BCUT2D eigenvalue weighted by Gasteiger charge is -2.12. The van der Waals surface area contributed by atoms with Crippen molar-refractivity contribution in [1.82, 2.24) is 0 Å². The molecule has 0 aliphatic rings. The molecule has 0 aromatic heterocycles. The molecule has 0 radical (unpaired) electrons. The van der Waals surface area contributed by atoms with E-state index in [1.807, 2.05) is 12.1 Å². The fourth-order valence-corrected chi connectivity index (χ4v) is 2.28. The molecular weight excluding hydrogens is 291 g/mol. The van der Waals surface area contributed by atoms with E-state index in [1.54, 1.807) is 42.5 Å². The van der Waals surface area contributed by atoms with Gasteiger partial charge < -0.3 is 10.5 Å². The number of ether oxygens (including phenoxy) is 1. The van der Waals surface area contributed by atoms with Crippen LogP contribution in [0, 0.1) is 17.1 Å². The molecule has 0 fully saturated rings. The number of nitriles is 1. The molecule has 112 valence electrons. The van der Waals surface area contributed by atoms with Crippen molar-refractivity contribution >= 4 is 5.69 Å². The van der Waals surface area contributed by atoms with Gasteiger partial charge >= 0.3 is 0 Å². The Labute approximate surface area is 133 Å². The second kappa shape index (κ2) is 6.20. The van der Waals surface area contributed by atoms with Crippen LogP contribution >= 0.6 is 0 Å². The highest BCUT2D eigenvalue weighted by molar-refractivity contribution is 5.74. The first kappa shape index (κ1) is 14.6. The largest absolute Gasteiger partial charge is 0.457 e. The van der Waals surface area contributed by atoms with E-state index in [4.69, 9.17) is 15.7 Å². The average Bonchev–Trinajstić information content (AvgIpc) is 2.55. The van der Waals surface area contributed by atoms with Crippen LogP contribution in [-0.4, -0.2) is 0 Å². The quantitative estimate of drug-likeness (QED) is 0.711. The summed E-state index contributed by atoms with van der Waals surface area (Å²) < 4.78 is 19.1. The minimum Gasteiger partial charge on any atom is -0.457 e. The number of halogens is 1. The SMILES string of the molecule is N#Cc1cccc(-c2ccc(N)cc2Oc2cccc(F)c2)c1. The molecular formula is C19H13FN2O. The van der Waals surface area contributed by atoms with E-state index in [2.05, 4.69) is 6.07 Å². The number of anilines is 1. The monoisotopic (exact) mass is 304 g/mol. The van der Waals surface area contributed by atoms with Gasteiger partial charge in [-0.3, -0.25) is 0 Å². The predicted molar refractivity (Wildman–Crippen MR) is 87.5 cm³/mol. The molecule has 0 amide bonds. The van der Waals surface area contributed by atoms with Crippen LogP contribution in [0.5, 0.6) is 11.5 Å². The highest BCUT2D eigenvalue weighted by atomic mass is 19.1. The average molecular weight is 304 g/mol. The van der Waals surface area contributed by atoms with Crippen molar-refractivity contribution in [3.05, 3.63) is 78.1 Å². The fourth-order valence-electron chi connectivity index (χ4n) is 2.28. The molecule has 0 atom stereocenters. The van der Waals surface area contributed by atoms with E-state index in [9.17, 15) is 4.39 Å². The van der Waals surface area contributed by atoms with Crippen LogP contribution in [0.2, 0.25) is 0 Å². The second-order valence-electron chi connectivity index (χ2n) is 5.01. The van der Waals surface area contributed by atoms with Crippen molar-refractivity contribution in [2.45, 2.75) is 0 Å². The predicted octanol–water partition coefficient (Wildman–Crippen LogP) is 4.74. The van der Waals surface area contributed by atoms with E-state index >= 15 is 0 Å². The van der Waals surface area contributed by atoms with Gasteiger partial charge in [-0.2, -0.15) is 5.26 Å². The number of hydrogen-bond acceptors (Lipinski definition) is 3. The lowest BCUT2D eigenvalue weighted by Crippen LogP contribution is -1.92. The number of nitrogen functional groups attached to an aromatic ring is 1.